The number of methoxy groups -OCH3 is 1. The number of rotatable bonds is 4. The SMILES string of the molecule is COc1ccccc1Cc1cn2c(n1)C(C(=O)O)CCC2. The van der Waals surface area contributed by atoms with Crippen molar-refractivity contribution >= 4 is 5.97 Å². The summed E-state index contributed by atoms with van der Waals surface area (Å²) < 4.78 is 7.33. The van der Waals surface area contributed by atoms with Gasteiger partial charge in [0.05, 0.1) is 12.8 Å². The smallest absolute Gasteiger partial charge is 0.314 e. The first-order chi connectivity index (χ1) is 10.2. The number of fused-ring (bicyclic) bond motifs is 1. The molecule has 0 saturated carbocycles. The number of benzene rings is 1. The average Bonchev–Trinajstić information content (AvgIpc) is 2.89. The summed E-state index contributed by atoms with van der Waals surface area (Å²) in [7, 11) is 1.65. The van der Waals surface area contributed by atoms with Crippen molar-refractivity contribution in [1.82, 2.24) is 9.55 Å². The highest BCUT2D eigenvalue weighted by molar-refractivity contribution is 5.75. The molecule has 1 atom stereocenters. The Kier molecular flexibility index (Phi) is 3.64. The largest absolute Gasteiger partial charge is 0.496 e. The Hall–Kier alpha value is -2.30. The van der Waals surface area contributed by atoms with Crippen LogP contribution in [-0.4, -0.2) is 27.7 Å². The van der Waals surface area contributed by atoms with Crippen LogP contribution in [0.1, 0.15) is 35.8 Å². The van der Waals surface area contributed by atoms with Crippen molar-refractivity contribution in [2.75, 3.05) is 7.11 Å². The third-order valence-electron chi connectivity index (χ3n) is 3.92. The molecule has 5 nitrogen and oxygen atoms in total. The summed E-state index contributed by atoms with van der Waals surface area (Å²) in [6, 6.07) is 7.83. The van der Waals surface area contributed by atoms with Gasteiger partial charge in [-0.25, -0.2) is 4.98 Å². The quantitative estimate of drug-likeness (QED) is 0.937. The van der Waals surface area contributed by atoms with Crippen LogP contribution < -0.4 is 4.74 Å². The highest BCUT2D eigenvalue weighted by Gasteiger charge is 2.28. The van der Waals surface area contributed by atoms with Crippen molar-refractivity contribution < 1.29 is 14.6 Å². The number of carboxylic acids is 1. The maximum atomic E-state index is 11.3. The lowest BCUT2D eigenvalue weighted by Crippen LogP contribution is -2.21. The maximum Gasteiger partial charge on any atom is 0.314 e. The second kappa shape index (κ2) is 5.60. The molecule has 1 aliphatic rings. The van der Waals surface area contributed by atoms with E-state index in [-0.39, 0.29) is 0 Å². The summed E-state index contributed by atoms with van der Waals surface area (Å²) in [4.78, 5) is 15.9. The average molecular weight is 286 g/mol. The van der Waals surface area contributed by atoms with Gasteiger partial charge in [-0.3, -0.25) is 4.79 Å². The molecule has 1 N–H and O–H groups in total. The van der Waals surface area contributed by atoms with Crippen LogP contribution in [-0.2, 0) is 17.8 Å². The second-order valence-electron chi connectivity index (χ2n) is 5.31. The number of nitrogens with zero attached hydrogens (tertiary/aromatic N) is 2. The molecule has 1 aromatic heterocycles. The molecule has 21 heavy (non-hydrogen) atoms. The first kappa shape index (κ1) is 13.7. The number of carbonyl (C=O) groups is 1. The molecular weight excluding hydrogens is 268 g/mol. The molecule has 1 aromatic carbocycles. The fourth-order valence-electron chi connectivity index (χ4n) is 2.90. The van der Waals surface area contributed by atoms with E-state index in [4.69, 9.17) is 4.74 Å². The number of hydrogen-bond donors (Lipinski definition) is 1. The number of para-hydroxylation sites is 1. The second-order valence-corrected chi connectivity index (χ2v) is 5.31. The van der Waals surface area contributed by atoms with Gasteiger partial charge >= 0.3 is 5.97 Å². The van der Waals surface area contributed by atoms with Gasteiger partial charge in [0.2, 0.25) is 0 Å². The van der Waals surface area contributed by atoms with Crippen molar-refractivity contribution in [3.05, 3.63) is 47.5 Å². The number of aliphatic carboxylic acids is 1. The van der Waals surface area contributed by atoms with E-state index in [0.717, 1.165) is 30.0 Å². The number of hydrogen-bond acceptors (Lipinski definition) is 3. The summed E-state index contributed by atoms with van der Waals surface area (Å²) >= 11 is 0. The summed E-state index contributed by atoms with van der Waals surface area (Å²) in [6.07, 6.45) is 4.17. The Labute approximate surface area is 123 Å². The number of carboxylic acid groups (broad SMARTS) is 1. The topological polar surface area (TPSA) is 64.4 Å². The van der Waals surface area contributed by atoms with E-state index in [0.29, 0.717) is 18.7 Å². The zero-order chi connectivity index (χ0) is 14.8. The lowest BCUT2D eigenvalue weighted by molar-refractivity contribution is -0.139. The lowest BCUT2D eigenvalue weighted by atomic mass is 9.99. The third kappa shape index (κ3) is 2.63. The standard InChI is InChI=1S/C16H18N2O3/c1-21-14-7-3-2-5-11(14)9-12-10-18-8-4-6-13(16(19)20)15(18)17-12/h2-3,5,7,10,13H,4,6,8-9H2,1H3,(H,19,20). The molecule has 2 heterocycles. The number of aryl methyl sites for hydroxylation is 1. The molecule has 0 spiro atoms. The molecule has 1 aliphatic heterocycles. The third-order valence-corrected chi connectivity index (χ3v) is 3.92. The van der Waals surface area contributed by atoms with Crippen LogP contribution >= 0.6 is 0 Å². The maximum absolute atomic E-state index is 11.3. The lowest BCUT2D eigenvalue weighted by Gasteiger charge is -2.19. The molecule has 1 unspecified atom stereocenters. The van der Waals surface area contributed by atoms with E-state index in [1.54, 1.807) is 7.11 Å². The van der Waals surface area contributed by atoms with Crippen LogP contribution in [0, 0.1) is 0 Å². The molecule has 110 valence electrons. The summed E-state index contributed by atoms with van der Waals surface area (Å²) in [5.41, 5.74) is 1.95. The van der Waals surface area contributed by atoms with E-state index >= 15 is 0 Å². The van der Waals surface area contributed by atoms with Crippen LogP contribution in [0.5, 0.6) is 5.75 Å². The van der Waals surface area contributed by atoms with Crippen LogP contribution in [0.15, 0.2) is 30.5 Å². The summed E-state index contributed by atoms with van der Waals surface area (Å²) in [5, 5.41) is 9.29. The number of imidazole rings is 1. The minimum Gasteiger partial charge on any atom is -0.496 e. The van der Waals surface area contributed by atoms with Crippen molar-refractivity contribution in [3.63, 3.8) is 0 Å². The van der Waals surface area contributed by atoms with E-state index < -0.39 is 11.9 Å². The van der Waals surface area contributed by atoms with E-state index in [2.05, 4.69) is 4.98 Å². The first-order valence-electron chi connectivity index (χ1n) is 7.09. The minimum absolute atomic E-state index is 0.481. The molecule has 0 amide bonds. The van der Waals surface area contributed by atoms with Gasteiger partial charge in [-0.15, -0.1) is 0 Å². The Morgan fingerprint density at radius 3 is 3.05 bits per heavy atom. The molecular formula is C16H18N2O3. The van der Waals surface area contributed by atoms with Crippen molar-refractivity contribution in [3.8, 4) is 5.75 Å². The first-order valence-corrected chi connectivity index (χ1v) is 7.09. The van der Waals surface area contributed by atoms with Crippen LogP contribution in [0.2, 0.25) is 0 Å². The van der Waals surface area contributed by atoms with Gasteiger partial charge < -0.3 is 14.4 Å². The minimum atomic E-state index is -0.787. The molecule has 5 heteroatoms. The van der Waals surface area contributed by atoms with Gasteiger partial charge in [0.15, 0.2) is 0 Å². The van der Waals surface area contributed by atoms with Gasteiger partial charge in [0.25, 0.3) is 0 Å². The molecule has 2 aromatic rings. The molecule has 0 fully saturated rings. The summed E-state index contributed by atoms with van der Waals surface area (Å²) in [5.74, 6) is 0.243. The molecule has 0 bridgehead atoms. The normalized spacial score (nSPS) is 17.3. The van der Waals surface area contributed by atoms with Crippen molar-refractivity contribution in [2.24, 2.45) is 0 Å². The molecule has 0 radical (unpaired) electrons. The Bertz CT molecular complexity index is 663. The Balaban J connectivity index is 1.89. The fraction of sp³-hybridized carbons (Fsp3) is 0.375. The van der Waals surface area contributed by atoms with E-state index in [1.165, 1.54) is 0 Å². The number of aromatic nitrogens is 2. The van der Waals surface area contributed by atoms with Crippen LogP contribution in [0.4, 0.5) is 0 Å². The summed E-state index contributed by atoms with van der Waals surface area (Å²) in [6.45, 7) is 0.845. The predicted octanol–water partition coefficient (Wildman–Crippen LogP) is 2.44. The van der Waals surface area contributed by atoms with Crippen molar-refractivity contribution in [1.29, 1.82) is 0 Å². The zero-order valence-electron chi connectivity index (χ0n) is 12.0. The zero-order valence-corrected chi connectivity index (χ0v) is 12.0. The van der Waals surface area contributed by atoms with Gasteiger partial charge in [0.1, 0.15) is 17.5 Å². The Morgan fingerprint density at radius 1 is 1.48 bits per heavy atom. The van der Waals surface area contributed by atoms with Crippen molar-refractivity contribution in [2.45, 2.75) is 31.7 Å². The number of ether oxygens (including phenoxy) is 1. The van der Waals surface area contributed by atoms with Crippen LogP contribution in [0.25, 0.3) is 0 Å². The van der Waals surface area contributed by atoms with Crippen LogP contribution in [0.3, 0.4) is 0 Å². The van der Waals surface area contributed by atoms with Gasteiger partial charge in [-0.05, 0) is 18.9 Å². The highest BCUT2D eigenvalue weighted by atomic mass is 16.5. The van der Waals surface area contributed by atoms with E-state index in [1.807, 2.05) is 35.0 Å². The van der Waals surface area contributed by atoms with Gasteiger partial charge in [-0.1, -0.05) is 18.2 Å². The molecule has 0 saturated heterocycles. The molecule has 0 aliphatic carbocycles. The predicted molar refractivity (Wildman–Crippen MR) is 77.6 cm³/mol. The van der Waals surface area contributed by atoms with Gasteiger partial charge in [0, 0.05) is 24.7 Å². The highest BCUT2D eigenvalue weighted by Crippen LogP contribution is 2.28. The Morgan fingerprint density at radius 2 is 2.29 bits per heavy atom. The van der Waals surface area contributed by atoms with Gasteiger partial charge in [-0.2, -0.15) is 0 Å². The fourth-order valence-corrected chi connectivity index (χ4v) is 2.90. The monoisotopic (exact) mass is 286 g/mol. The van der Waals surface area contributed by atoms with E-state index in [9.17, 15) is 9.90 Å². The molecule has 3 rings (SSSR count).